The van der Waals surface area contributed by atoms with Crippen LogP contribution in [0.1, 0.15) is 0 Å². The Hall–Kier alpha value is 0.310. The first-order valence-electron chi connectivity index (χ1n) is 1.56. The normalized spacial score (nSPS) is 25.8. The zero-order valence-electron chi connectivity index (χ0n) is 2.81. The van der Waals surface area contributed by atoms with Crippen molar-refractivity contribution in [2.75, 3.05) is 11.5 Å². The summed E-state index contributed by atoms with van der Waals surface area (Å²) in [5.74, 6) is 1.67. The van der Waals surface area contributed by atoms with Crippen LogP contribution in [0, 0.1) is 6.42 Å². The van der Waals surface area contributed by atoms with Crippen LogP contribution in [0.15, 0.2) is 0 Å². The van der Waals surface area contributed by atoms with Gasteiger partial charge in [-0.1, -0.05) is 11.2 Å². The Kier molecular flexibility index (Phi) is 0.830. The van der Waals surface area contributed by atoms with Crippen molar-refractivity contribution in [1.82, 2.24) is 0 Å². The van der Waals surface area contributed by atoms with Crippen LogP contribution in [-0.2, 0) is 11.2 Å². The number of hydrogen-bond acceptors (Lipinski definition) is 1. The molecule has 0 aromatic carbocycles. The second-order valence-corrected chi connectivity index (χ2v) is 2.61. The molecule has 0 spiro atoms. The van der Waals surface area contributed by atoms with Crippen LogP contribution in [0.2, 0.25) is 0 Å². The van der Waals surface area contributed by atoms with E-state index in [1.807, 2.05) is 6.42 Å². The van der Waals surface area contributed by atoms with Crippen molar-refractivity contribution in [3.63, 3.8) is 0 Å². The van der Waals surface area contributed by atoms with Crippen molar-refractivity contribution < 1.29 is 4.55 Å². The van der Waals surface area contributed by atoms with E-state index in [1.54, 1.807) is 0 Å². The highest BCUT2D eigenvalue weighted by Crippen LogP contribution is 2.05. The molecular weight excluding hydrogens is 84.1 g/mol. The van der Waals surface area contributed by atoms with Crippen LogP contribution in [0.3, 0.4) is 0 Å². The second-order valence-electron chi connectivity index (χ2n) is 1.06. The number of hydrogen-bond donors (Lipinski definition) is 0. The third-order valence-electron chi connectivity index (χ3n) is 0.607. The third-order valence-corrected chi connectivity index (χ3v) is 1.82. The van der Waals surface area contributed by atoms with Gasteiger partial charge in [0.25, 0.3) is 0 Å². The molecule has 1 aliphatic heterocycles. The van der Waals surface area contributed by atoms with Crippen LogP contribution in [-0.4, -0.2) is 16.1 Å². The Morgan fingerprint density at radius 3 is 2.00 bits per heavy atom. The van der Waals surface area contributed by atoms with Crippen molar-refractivity contribution in [1.29, 1.82) is 0 Å². The minimum Gasteiger partial charge on any atom is -0.616 e. The maximum Gasteiger partial charge on any atom is 0.113 e. The van der Waals surface area contributed by atoms with Gasteiger partial charge in [0.1, 0.15) is 11.5 Å². The summed E-state index contributed by atoms with van der Waals surface area (Å²) in [5.41, 5.74) is 0. The summed E-state index contributed by atoms with van der Waals surface area (Å²) in [5, 5.41) is 0. The smallest absolute Gasteiger partial charge is 0.113 e. The maximum absolute atomic E-state index is 9.98. The molecule has 1 radical (unpaired) electrons. The lowest BCUT2D eigenvalue weighted by Gasteiger charge is -2.16. The van der Waals surface area contributed by atoms with E-state index in [0.29, 0.717) is 0 Å². The fourth-order valence-corrected chi connectivity index (χ4v) is 0.642. The molecule has 5 heavy (non-hydrogen) atoms. The van der Waals surface area contributed by atoms with Gasteiger partial charge in [-0.05, 0) is 0 Å². The van der Waals surface area contributed by atoms with E-state index in [4.69, 9.17) is 0 Å². The van der Waals surface area contributed by atoms with Crippen LogP contribution in [0.5, 0.6) is 0 Å². The van der Waals surface area contributed by atoms with Gasteiger partial charge >= 0.3 is 0 Å². The molecule has 1 nitrogen and oxygen atoms in total. The molecule has 0 aromatic rings. The predicted octanol–water partition coefficient (Wildman–Crippen LogP) is -0.0470. The highest BCUT2D eigenvalue weighted by molar-refractivity contribution is 7.93. The lowest BCUT2D eigenvalue weighted by atomic mass is 10.5. The van der Waals surface area contributed by atoms with Gasteiger partial charge in [0, 0.05) is 0 Å². The van der Waals surface area contributed by atoms with Gasteiger partial charge in [-0.3, -0.25) is 0 Å². The molecule has 0 unspecified atom stereocenters. The fourth-order valence-electron chi connectivity index (χ4n) is 0.214. The quantitative estimate of drug-likeness (QED) is 0.382. The first kappa shape index (κ1) is 3.50. The monoisotopic (exact) mass is 89.0 g/mol. The first-order valence-corrected chi connectivity index (χ1v) is 3.05. The van der Waals surface area contributed by atoms with Gasteiger partial charge in [-0.15, -0.1) is 0 Å². The molecule has 1 aliphatic rings. The maximum atomic E-state index is 9.98. The van der Waals surface area contributed by atoms with E-state index < -0.39 is 11.2 Å². The standard InChI is InChI=1S/C3H5OS/c4-5-2-1-3-5/h1H,2-3H2. The highest BCUT2D eigenvalue weighted by atomic mass is 32.2. The molecule has 0 atom stereocenters. The van der Waals surface area contributed by atoms with E-state index in [2.05, 4.69) is 0 Å². The molecule has 0 bridgehead atoms. The van der Waals surface area contributed by atoms with Gasteiger partial charge in [0.2, 0.25) is 0 Å². The van der Waals surface area contributed by atoms with Crippen molar-refractivity contribution >= 4 is 11.2 Å². The topological polar surface area (TPSA) is 23.1 Å². The lowest BCUT2D eigenvalue weighted by Crippen LogP contribution is -2.24. The van der Waals surface area contributed by atoms with E-state index in [-0.39, 0.29) is 0 Å². The summed E-state index contributed by atoms with van der Waals surface area (Å²) in [6, 6.07) is 0. The van der Waals surface area contributed by atoms with Crippen LogP contribution >= 0.6 is 0 Å². The summed E-state index contributed by atoms with van der Waals surface area (Å²) in [6.07, 6.45) is 2.02. The van der Waals surface area contributed by atoms with Crippen molar-refractivity contribution in [3.05, 3.63) is 6.42 Å². The molecule has 1 saturated heterocycles. The molecule has 0 amide bonds. The van der Waals surface area contributed by atoms with Crippen LogP contribution in [0.4, 0.5) is 0 Å². The van der Waals surface area contributed by atoms with Gasteiger partial charge in [0.05, 0.1) is 6.42 Å². The second kappa shape index (κ2) is 1.19. The van der Waals surface area contributed by atoms with E-state index in [9.17, 15) is 4.55 Å². The predicted molar refractivity (Wildman–Crippen MR) is 22.2 cm³/mol. The van der Waals surface area contributed by atoms with Crippen molar-refractivity contribution in [3.8, 4) is 0 Å². The number of rotatable bonds is 0. The van der Waals surface area contributed by atoms with E-state index in [1.165, 1.54) is 0 Å². The Labute approximate surface area is 34.6 Å². The van der Waals surface area contributed by atoms with Crippen molar-refractivity contribution in [2.45, 2.75) is 0 Å². The molecule has 1 rings (SSSR count). The minimum atomic E-state index is -0.448. The van der Waals surface area contributed by atoms with Gasteiger partial charge in [-0.2, -0.15) is 0 Å². The molecule has 0 aliphatic carbocycles. The van der Waals surface area contributed by atoms with E-state index in [0.717, 1.165) is 11.5 Å². The molecule has 1 heterocycles. The SMILES string of the molecule is [O-][S+]1C[CH]C1. The molecule has 1 fully saturated rings. The molecular formula is C3H5OS. The first-order chi connectivity index (χ1) is 2.39. The molecule has 2 heteroatoms. The lowest BCUT2D eigenvalue weighted by molar-refractivity contribution is 0.591. The van der Waals surface area contributed by atoms with Crippen LogP contribution < -0.4 is 0 Å². The summed E-state index contributed by atoms with van der Waals surface area (Å²) in [4.78, 5) is 0. The van der Waals surface area contributed by atoms with E-state index >= 15 is 0 Å². The molecule has 0 aromatic heterocycles. The molecule has 29 valence electrons. The zero-order chi connectivity index (χ0) is 3.70. The molecule has 0 saturated carbocycles. The minimum absolute atomic E-state index is 0.448. The Morgan fingerprint density at radius 2 is 2.00 bits per heavy atom. The molecule has 0 N–H and O–H groups in total. The zero-order valence-corrected chi connectivity index (χ0v) is 3.62. The Morgan fingerprint density at radius 1 is 1.60 bits per heavy atom. The van der Waals surface area contributed by atoms with Crippen LogP contribution in [0.25, 0.3) is 0 Å². The summed E-state index contributed by atoms with van der Waals surface area (Å²) in [6.45, 7) is 0. The average molecular weight is 89.1 g/mol. The largest absolute Gasteiger partial charge is 0.616 e. The summed E-state index contributed by atoms with van der Waals surface area (Å²) in [7, 11) is 0. The summed E-state index contributed by atoms with van der Waals surface area (Å²) >= 11 is -0.448. The van der Waals surface area contributed by atoms with Gasteiger partial charge in [0.15, 0.2) is 0 Å². The fraction of sp³-hybridized carbons (Fsp3) is 0.667. The van der Waals surface area contributed by atoms with Gasteiger partial charge < -0.3 is 4.55 Å². The third kappa shape index (κ3) is 0.578. The Balaban J connectivity index is 2.08. The van der Waals surface area contributed by atoms with Crippen molar-refractivity contribution in [2.24, 2.45) is 0 Å². The van der Waals surface area contributed by atoms with Gasteiger partial charge in [-0.25, -0.2) is 0 Å². The summed E-state index contributed by atoms with van der Waals surface area (Å²) < 4.78 is 9.98. The Bertz CT molecular complexity index is 33.9. The average Bonchev–Trinajstić information content (AvgIpc) is 1.30. The highest BCUT2D eigenvalue weighted by Gasteiger charge is 2.15.